The van der Waals surface area contributed by atoms with Gasteiger partial charge in [0, 0.05) is 55.6 Å². The number of hydrogen-bond acceptors (Lipinski definition) is 4. The maximum absolute atomic E-state index is 12.3. The number of nitrogens with zero attached hydrogens (tertiary/aromatic N) is 1. The summed E-state index contributed by atoms with van der Waals surface area (Å²) in [5.74, 6) is -0.873. The summed E-state index contributed by atoms with van der Waals surface area (Å²) >= 11 is 0. The molecule has 3 N–H and O–H groups in total. The topological polar surface area (TPSA) is 89.9 Å². The van der Waals surface area contributed by atoms with Crippen molar-refractivity contribution in [3.8, 4) is 0 Å². The Morgan fingerprint density at radius 3 is 1.94 bits per heavy atom. The third-order valence-corrected chi connectivity index (χ3v) is 5.21. The van der Waals surface area contributed by atoms with Gasteiger partial charge in [-0.25, -0.2) is 0 Å². The van der Waals surface area contributed by atoms with Crippen molar-refractivity contribution in [1.82, 2.24) is 10.2 Å². The molecule has 0 aliphatic rings. The molecule has 0 aromatic carbocycles. The average molecular weight is 450 g/mol. The van der Waals surface area contributed by atoms with Crippen molar-refractivity contribution >= 4 is 41.4 Å². The Bertz CT molecular complexity index is 447. The summed E-state index contributed by atoms with van der Waals surface area (Å²) in [5.41, 5.74) is 0. The smallest absolute Gasteiger partial charge is 0.317 e. The predicted molar refractivity (Wildman–Crippen MR) is 129 cm³/mol. The van der Waals surface area contributed by atoms with Crippen LogP contribution >= 0.6 is 0 Å². The van der Waals surface area contributed by atoms with E-state index in [1.54, 1.807) is 4.90 Å². The number of rotatable bonds is 22. The molecule has 0 unspecified atom stereocenters. The van der Waals surface area contributed by atoms with Crippen molar-refractivity contribution in [2.75, 3.05) is 32.8 Å². The van der Waals surface area contributed by atoms with Gasteiger partial charge in [0.15, 0.2) is 0 Å². The van der Waals surface area contributed by atoms with E-state index in [-0.39, 0.29) is 48.6 Å². The third kappa shape index (κ3) is 24.1. The monoisotopic (exact) mass is 449 g/mol. The van der Waals surface area contributed by atoms with Gasteiger partial charge in [0.25, 0.3) is 0 Å². The fourth-order valence-corrected chi connectivity index (χ4v) is 3.40. The number of aliphatic hydroxyl groups is 1. The fraction of sp³-hybridized carbons (Fsp3) is 0.833. The van der Waals surface area contributed by atoms with Crippen LogP contribution in [-0.2, 0) is 9.59 Å². The molecule has 0 fully saturated rings. The fourth-order valence-electron chi connectivity index (χ4n) is 3.40. The van der Waals surface area contributed by atoms with Crippen molar-refractivity contribution in [2.45, 2.75) is 96.8 Å². The van der Waals surface area contributed by atoms with Crippen LogP contribution in [0.2, 0.25) is 0 Å². The second-order valence-corrected chi connectivity index (χ2v) is 8.01. The van der Waals surface area contributed by atoms with Crippen LogP contribution in [0, 0.1) is 0 Å². The zero-order valence-electron chi connectivity index (χ0n) is 20.2. The molecule has 0 spiro atoms. The predicted octanol–water partition coefficient (Wildman–Crippen LogP) is 4.14. The first kappa shape index (κ1) is 32.8. The Hall–Kier alpha value is -0.400. The molecule has 0 saturated carbocycles. The molecule has 0 heterocycles. The summed E-state index contributed by atoms with van der Waals surface area (Å²) in [6.45, 7) is 3.22. The summed E-state index contributed by atoms with van der Waals surface area (Å²) in [6, 6.07) is 0. The van der Waals surface area contributed by atoms with E-state index in [2.05, 4.69) is 24.4 Å². The van der Waals surface area contributed by atoms with Crippen molar-refractivity contribution in [3.05, 3.63) is 12.2 Å². The van der Waals surface area contributed by atoms with Crippen LogP contribution in [0.15, 0.2) is 12.2 Å². The van der Waals surface area contributed by atoms with Crippen LogP contribution in [0.4, 0.5) is 0 Å². The van der Waals surface area contributed by atoms with Gasteiger partial charge >= 0.3 is 5.97 Å². The molecule has 0 rings (SSSR count). The molecular formula is C24H46N2NaO4. The minimum atomic E-state index is -0.914. The van der Waals surface area contributed by atoms with Crippen molar-refractivity contribution in [1.29, 1.82) is 0 Å². The van der Waals surface area contributed by atoms with Gasteiger partial charge in [-0.1, -0.05) is 70.4 Å². The molecule has 7 heteroatoms. The number of carboxylic acid groups (broad SMARTS) is 1. The van der Waals surface area contributed by atoms with Crippen LogP contribution in [0.25, 0.3) is 0 Å². The molecule has 1 radical (unpaired) electrons. The largest absolute Gasteiger partial charge is 0.480 e. The number of amides is 1. The molecule has 177 valence electrons. The molecule has 0 bridgehead atoms. The molecule has 1 amide bonds. The van der Waals surface area contributed by atoms with Gasteiger partial charge < -0.3 is 20.4 Å². The van der Waals surface area contributed by atoms with Crippen molar-refractivity contribution < 1.29 is 19.8 Å². The quantitative estimate of drug-likeness (QED) is 0.131. The maximum Gasteiger partial charge on any atom is 0.317 e. The second-order valence-electron chi connectivity index (χ2n) is 8.01. The Morgan fingerprint density at radius 1 is 0.839 bits per heavy atom. The van der Waals surface area contributed by atoms with Gasteiger partial charge in [-0.05, 0) is 32.1 Å². The summed E-state index contributed by atoms with van der Waals surface area (Å²) < 4.78 is 0. The number of aliphatic hydroxyl groups excluding tert-OH is 1. The normalized spacial score (nSPS) is 10.9. The van der Waals surface area contributed by atoms with E-state index in [4.69, 9.17) is 10.2 Å². The number of unbranched alkanes of at least 4 members (excludes halogenated alkanes) is 11. The molecule has 0 aromatic rings. The zero-order valence-corrected chi connectivity index (χ0v) is 22.2. The molecule has 0 aromatic heterocycles. The summed E-state index contributed by atoms with van der Waals surface area (Å²) in [7, 11) is 0. The summed E-state index contributed by atoms with van der Waals surface area (Å²) in [6.07, 6.45) is 21.1. The van der Waals surface area contributed by atoms with Crippen LogP contribution in [0.5, 0.6) is 0 Å². The number of hydrogen-bond donors (Lipinski definition) is 3. The SMILES string of the molecule is CCCCCCCC/C=C\CCCCCCCC(=O)N(CCO)CCNCC(=O)O.[Na]. The Morgan fingerprint density at radius 2 is 1.39 bits per heavy atom. The van der Waals surface area contributed by atoms with Gasteiger partial charge in [0.1, 0.15) is 0 Å². The molecule has 0 atom stereocenters. The Kier molecular flexibility index (Phi) is 27.3. The minimum Gasteiger partial charge on any atom is -0.480 e. The van der Waals surface area contributed by atoms with Gasteiger partial charge in [-0.3, -0.25) is 9.59 Å². The van der Waals surface area contributed by atoms with E-state index < -0.39 is 5.97 Å². The summed E-state index contributed by atoms with van der Waals surface area (Å²) in [4.78, 5) is 24.4. The van der Waals surface area contributed by atoms with Gasteiger partial charge in [0.05, 0.1) is 13.2 Å². The zero-order chi connectivity index (χ0) is 22.3. The number of nitrogens with one attached hydrogen (secondary N) is 1. The van der Waals surface area contributed by atoms with E-state index in [0.717, 1.165) is 25.7 Å². The Balaban J connectivity index is 0. The first-order chi connectivity index (χ1) is 14.6. The number of carboxylic acids is 1. The molecule has 0 aliphatic carbocycles. The maximum atomic E-state index is 12.3. The third-order valence-electron chi connectivity index (χ3n) is 5.21. The number of carbonyl (C=O) groups excluding carboxylic acids is 1. The number of aliphatic carboxylic acids is 1. The second kappa shape index (κ2) is 25.9. The minimum absolute atomic E-state index is 0. The molecule has 31 heavy (non-hydrogen) atoms. The van der Waals surface area contributed by atoms with Crippen molar-refractivity contribution in [2.24, 2.45) is 0 Å². The molecule has 0 saturated heterocycles. The van der Waals surface area contributed by atoms with E-state index in [9.17, 15) is 9.59 Å². The van der Waals surface area contributed by atoms with Gasteiger partial charge in [-0.2, -0.15) is 0 Å². The molecular weight excluding hydrogens is 403 g/mol. The van der Waals surface area contributed by atoms with Gasteiger partial charge in [-0.15, -0.1) is 0 Å². The first-order valence-corrected chi connectivity index (χ1v) is 12.1. The van der Waals surface area contributed by atoms with E-state index in [1.165, 1.54) is 57.8 Å². The van der Waals surface area contributed by atoms with Crippen LogP contribution in [0.3, 0.4) is 0 Å². The summed E-state index contributed by atoms with van der Waals surface area (Å²) in [5, 5.41) is 20.5. The van der Waals surface area contributed by atoms with Crippen LogP contribution in [-0.4, -0.2) is 89.3 Å². The van der Waals surface area contributed by atoms with Crippen LogP contribution in [0.1, 0.15) is 96.8 Å². The number of allylic oxidation sites excluding steroid dienone is 2. The first-order valence-electron chi connectivity index (χ1n) is 12.1. The molecule has 0 aliphatic heterocycles. The van der Waals surface area contributed by atoms with E-state index in [0.29, 0.717) is 26.1 Å². The van der Waals surface area contributed by atoms with Gasteiger partial charge in [0.2, 0.25) is 5.91 Å². The van der Waals surface area contributed by atoms with Crippen LogP contribution < -0.4 is 5.32 Å². The van der Waals surface area contributed by atoms with E-state index >= 15 is 0 Å². The van der Waals surface area contributed by atoms with Crippen molar-refractivity contribution in [3.63, 3.8) is 0 Å². The van der Waals surface area contributed by atoms with E-state index in [1.807, 2.05) is 0 Å². The Labute approximate surface area is 212 Å². The molecule has 6 nitrogen and oxygen atoms in total. The number of carbonyl (C=O) groups is 2. The average Bonchev–Trinajstić information content (AvgIpc) is 2.72. The standard InChI is InChI=1S/C24H46N2O4.Na/c1-2-3-4-5-6-7-8-9-10-11-12-13-14-15-16-17-23(28)26(20-21-27)19-18-25-22-24(29)30;/h9-10,25,27H,2-8,11-22H2,1H3,(H,29,30);/b10-9-;.